The molecule has 0 saturated carbocycles. The Balaban J connectivity index is 1.49. The molecule has 2 aromatic carbocycles. The van der Waals surface area contributed by atoms with Crippen LogP contribution >= 0.6 is 22.9 Å². The fraction of sp³-hybridized carbons (Fsp3) is 0.300. The molecule has 2 aromatic heterocycles. The summed E-state index contributed by atoms with van der Waals surface area (Å²) in [6, 6.07) is 18.1. The molecule has 3 heterocycles. The van der Waals surface area contributed by atoms with Crippen molar-refractivity contribution in [1.29, 1.82) is 0 Å². The number of carbonyl (C=O) groups excluding carboxylic acids is 1. The number of nitrogens with zero attached hydrogens (tertiary/aromatic N) is 3. The highest BCUT2D eigenvalue weighted by molar-refractivity contribution is 7.15. The standard InChI is InChI=1S/C30H31ClN4OS/c1-19-10-13-21(31)17-25(19)32-30(36)35-18-24-23-7-4-5-9-27(23)37-29(24)34-16-6-8-26(34)28(35)20-11-14-22(15-12-20)33(2)3/h6,8,10-17,28H,4-5,7,9,18H2,1-3H3,(H,32,36)/t28-/m0/s1. The molecule has 37 heavy (non-hydrogen) atoms. The van der Waals surface area contributed by atoms with E-state index in [1.54, 1.807) is 0 Å². The fourth-order valence-electron chi connectivity index (χ4n) is 5.61. The van der Waals surface area contributed by atoms with Crippen LogP contribution in [-0.4, -0.2) is 29.6 Å². The molecule has 0 spiro atoms. The molecule has 6 rings (SSSR count). The molecule has 2 amide bonds. The molecule has 2 aliphatic rings. The largest absolute Gasteiger partial charge is 0.378 e. The Labute approximate surface area is 227 Å². The summed E-state index contributed by atoms with van der Waals surface area (Å²) in [6.45, 7) is 2.55. The number of aryl methyl sites for hydroxylation is 2. The second-order valence-electron chi connectivity index (χ2n) is 10.2. The average Bonchev–Trinajstić information content (AvgIpc) is 3.48. The van der Waals surface area contributed by atoms with Crippen molar-refractivity contribution >= 4 is 40.3 Å². The summed E-state index contributed by atoms with van der Waals surface area (Å²) < 4.78 is 2.32. The number of benzene rings is 2. The normalized spacial score (nSPS) is 16.4. The van der Waals surface area contributed by atoms with E-state index in [0.717, 1.165) is 41.0 Å². The molecule has 1 atom stereocenters. The molecule has 0 fully saturated rings. The number of anilines is 2. The molecule has 5 nitrogen and oxygen atoms in total. The van der Waals surface area contributed by atoms with Gasteiger partial charge < -0.3 is 19.7 Å². The van der Waals surface area contributed by atoms with E-state index in [9.17, 15) is 4.79 Å². The number of amides is 2. The van der Waals surface area contributed by atoms with Crippen LogP contribution < -0.4 is 10.2 Å². The van der Waals surface area contributed by atoms with E-state index >= 15 is 0 Å². The van der Waals surface area contributed by atoms with Gasteiger partial charge in [0, 0.05) is 47.1 Å². The van der Waals surface area contributed by atoms with E-state index in [-0.39, 0.29) is 12.1 Å². The van der Waals surface area contributed by atoms with Crippen molar-refractivity contribution in [3.63, 3.8) is 0 Å². The Morgan fingerprint density at radius 2 is 1.84 bits per heavy atom. The first-order valence-electron chi connectivity index (χ1n) is 12.8. The predicted molar refractivity (Wildman–Crippen MR) is 154 cm³/mol. The number of hydrogen-bond acceptors (Lipinski definition) is 3. The van der Waals surface area contributed by atoms with Gasteiger partial charge in [-0.25, -0.2) is 4.79 Å². The smallest absolute Gasteiger partial charge is 0.322 e. The highest BCUT2D eigenvalue weighted by Crippen LogP contribution is 2.44. The second kappa shape index (κ2) is 9.58. The van der Waals surface area contributed by atoms with Crippen molar-refractivity contribution in [2.24, 2.45) is 0 Å². The number of hydrogen-bond donors (Lipinski definition) is 1. The molecule has 1 N–H and O–H groups in total. The molecular formula is C30H31ClN4OS. The van der Waals surface area contributed by atoms with Gasteiger partial charge in [-0.15, -0.1) is 11.3 Å². The summed E-state index contributed by atoms with van der Waals surface area (Å²) in [5.74, 6) is 0. The lowest BCUT2D eigenvalue weighted by atomic mass is 9.95. The SMILES string of the molecule is Cc1ccc(Cl)cc1NC(=O)N1Cc2c(sc3c2CCCC3)-n2cccc2[C@@H]1c1ccc(N(C)C)cc1. The van der Waals surface area contributed by atoms with Gasteiger partial charge >= 0.3 is 6.03 Å². The van der Waals surface area contributed by atoms with E-state index < -0.39 is 0 Å². The first-order chi connectivity index (χ1) is 17.9. The second-order valence-corrected chi connectivity index (χ2v) is 11.7. The number of fused-ring (bicyclic) bond motifs is 5. The van der Waals surface area contributed by atoms with Crippen LogP contribution in [-0.2, 0) is 19.4 Å². The maximum absolute atomic E-state index is 14.1. The van der Waals surface area contributed by atoms with Crippen molar-refractivity contribution in [3.8, 4) is 5.00 Å². The summed E-state index contributed by atoms with van der Waals surface area (Å²) in [5.41, 5.74) is 7.79. The van der Waals surface area contributed by atoms with E-state index in [0.29, 0.717) is 11.6 Å². The number of halogens is 1. The molecule has 1 aliphatic heterocycles. The van der Waals surface area contributed by atoms with Crippen molar-refractivity contribution in [2.45, 2.75) is 45.2 Å². The first kappa shape index (κ1) is 24.1. The zero-order chi connectivity index (χ0) is 25.7. The lowest BCUT2D eigenvalue weighted by molar-refractivity contribution is 0.194. The lowest BCUT2D eigenvalue weighted by Crippen LogP contribution is -2.38. The number of aromatic nitrogens is 1. The summed E-state index contributed by atoms with van der Waals surface area (Å²) >= 11 is 8.19. The Morgan fingerprint density at radius 1 is 1.05 bits per heavy atom. The van der Waals surface area contributed by atoms with Crippen molar-refractivity contribution in [3.05, 3.63) is 98.6 Å². The van der Waals surface area contributed by atoms with Gasteiger partial charge in [0.25, 0.3) is 0 Å². The summed E-state index contributed by atoms with van der Waals surface area (Å²) in [6.07, 6.45) is 6.82. The monoisotopic (exact) mass is 530 g/mol. The van der Waals surface area contributed by atoms with Crippen LogP contribution in [0.15, 0.2) is 60.8 Å². The van der Waals surface area contributed by atoms with Crippen molar-refractivity contribution < 1.29 is 4.79 Å². The summed E-state index contributed by atoms with van der Waals surface area (Å²) in [7, 11) is 4.08. The molecule has 0 unspecified atom stereocenters. The van der Waals surface area contributed by atoms with E-state index in [2.05, 4.69) is 57.4 Å². The van der Waals surface area contributed by atoms with Crippen LogP contribution in [0.3, 0.4) is 0 Å². The van der Waals surface area contributed by atoms with Crippen molar-refractivity contribution in [1.82, 2.24) is 9.47 Å². The third kappa shape index (κ3) is 4.32. The van der Waals surface area contributed by atoms with Gasteiger partial charge in [0.2, 0.25) is 0 Å². The maximum atomic E-state index is 14.1. The van der Waals surface area contributed by atoms with Gasteiger partial charge in [0.1, 0.15) is 5.00 Å². The van der Waals surface area contributed by atoms with E-state index in [1.165, 1.54) is 33.8 Å². The van der Waals surface area contributed by atoms with Gasteiger partial charge in [0.15, 0.2) is 0 Å². The lowest BCUT2D eigenvalue weighted by Gasteiger charge is -2.32. The Hall–Kier alpha value is -3.22. The first-order valence-corrected chi connectivity index (χ1v) is 14.0. The molecule has 0 radical (unpaired) electrons. The number of rotatable bonds is 3. The Kier molecular flexibility index (Phi) is 6.25. The number of thiophene rings is 1. The Bertz CT molecular complexity index is 1470. The number of carbonyl (C=O) groups is 1. The topological polar surface area (TPSA) is 40.5 Å². The molecule has 7 heteroatoms. The Morgan fingerprint density at radius 3 is 2.62 bits per heavy atom. The van der Waals surface area contributed by atoms with Crippen LogP contribution in [0.2, 0.25) is 5.02 Å². The van der Waals surface area contributed by atoms with Crippen LogP contribution in [0, 0.1) is 6.92 Å². The molecule has 1 aliphatic carbocycles. The quantitative estimate of drug-likeness (QED) is 0.296. The third-order valence-corrected chi connectivity index (χ3v) is 9.17. The molecule has 0 bridgehead atoms. The molecule has 0 saturated heterocycles. The van der Waals surface area contributed by atoms with Gasteiger partial charge in [-0.1, -0.05) is 29.8 Å². The van der Waals surface area contributed by atoms with Gasteiger partial charge in [0.05, 0.1) is 18.3 Å². The maximum Gasteiger partial charge on any atom is 0.322 e. The minimum Gasteiger partial charge on any atom is -0.378 e. The van der Waals surface area contributed by atoms with Gasteiger partial charge in [-0.3, -0.25) is 0 Å². The number of urea groups is 1. The average molecular weight is 531 g/mol. The minimum atomic E-state index is -0.232. The molecule has 190 valence electrons. The molecule has 4 aromatic rings. The van der Waals surface area contributed by atoms with E-state index in [4.69, 9.17) is 11.6 Å². The van der Waals surface area contributed by atoms with Crippen LogP contribution in [0.4, 0.5) is 16.2 Å². The van der Waals surface area contributed by atoms with Crippen LogP contribution in [0.1, 0.15) is 51.7 Å². The summed E-state index contributed by atoms with van der Waals surface area (Å²) in [4.78, 5) is 19.7. The van der Waals surface area contributed by atoms with Gasteiger partial charge in [-0.2, -0.15) is 0 Å². The van der Waals surface area contributed by atoms with Crippen LogP contribution in [0.25, 0.3) is 5.00 Å². The minimum absolute atomic E-state index is 0.122. The van der Waals surface area contributed by atoms with Crippen LogP contribution in [0.5, 0.6) is 0 Å². The van der Waals surface area contributed by atoms with Gasteiger partial charge in [-0.05, 0) is 85.7 Å². The zero-order valence-corrected chi connectivity index (χ0v) is 23.0. The summed E-state index contributed by atoms with van der Waals surface area (Å²) in [5, 5.41) is 5.06. The number of nitrogens with one attached hydrogen (secondary N) is 1. The predicted octanol–water partition coefficient (Wildman–Crippen LogP) is 7.58. The third-order valence-electron chi connectivity index (χ3n) is 7.61. The van der Waals surface area contributed by atoms with Crippen molar-refractivity contribution in [2.75, 3.05) is 24.3 Å². The molecular weight excluding hydrogens is 500 g/mol. The zero-order valence-electron chi connectivity index (χ0n) is 21.4. The van der Waals surface area contributed by atoms with E-state index in [1.807, 2.05) is 55.5 Å². The fourth-order valence-corrected chi connectivity index (χ4v) is 7.18. The highest BCUT2D eigenvalue weighted by Gasteiger charge is 2.36. The highest BCUT2D eigenvalue weighted by atomic mass is 35.5.